The van der Waals surface area contributed by atoms with Crippen LogP contribution in [0.25, 0.3) is 0 Å². The Labute approximate surface area is 170 Å². The number of nitrogens with one attached hydrogen (secondary N) is 1. The molecule has 1 amide bonds. The molecular formula is C22H24Cl2N2O. The first-order valence-electron chi connectivity index (χ1n) is 9.58. The number of amides is 1. The molecule has 1 N–H and O–H groups in total. The Bertz CT molecular complexity index is 816. The third-order valence-electron chi connectivity index (χ3n) is 6.09. The molecule has 0 aromatic heterocycles. The van der Waals surface area contributed by atoms with Gasteiger partial charge in [0.15, 0.2) is 0 Å². The zero-order valence-corrected chi connectivity index (χ0v) is 16.8. The summed E-state index contributed by atoms with van der Waals surface area (Å²) in [6, 6.07) is 16.0. The minimum absolute atomic E-state index is 0.0538. The van der Waals surface area contributed by atoms with Crippen molar-refractivity contribution in [3.63, 3.8) is 0 Å². The second kappa shape index (κ2) is 7.83. The Morgan fingerprint density at radius 1 is 1.07 bits per heavy atom. The average molecular weight is 403 g/mol. The van der Waals surface area contributed by atoms with Crippen LogP contribution in [0.5, 0.6) is 0 Å². The first kappa shape index (κ1) is 18.8. The summed E-state index contributed by atoms with van der Waals surface area (Å²) in [6.45, 7) is 3.35. The van der Waals surface area contributed by atoms with Crippen LogP contribution in [0.4, 0.5) is 0 Å². The largest absolute Gasteiger partial charge is 0.349 e. The molecule has 2 aromatic rings. The molecule has 3 nitrogen and oxygen atoms in total. The third-order valence-corrected chi connectivity index (χ3v) is 6.83. The van der Waals surface area contributed by atoms with Gasteiger partial charge in [-0.3, -0.25) is 4.79 Å². The van der Waals surface area contributed by atoms with Crippen LogP contribution in [0.15, 0.2) is 48.5 Å². The number of carbonyl (C=O) groups is 1. The van der Waals surface area contributed by atoms with E-state index in [9.17, 15) is 4.79 Å². The number of carbonyl (C=O) groups excluding carboxylic acids is 1. The summed E-state index contributed by atoms with van der Waals surface area (Å²) < 4.78 is 0. The first-order valence-corrected chi connectivity index (χ1v) is 10.3. The van der Waals surface area contributed by atoms with E-state index < -0.39 is 0 Å². The van der Waals surface area contributed by atoms with Crippen LogP contribution >= 0.6 is 23.2 Å². The van der Waals surface area contributed by atoms with Crippen molar-refractivity contribution in [2.75, 3.05) is 19.6 Å². The quantitative estimate of drug-likeness (QED) is 0.777. The molecule has 1 unspecified atom stereocenters. The van der Waals surface area contributed by atoms with E-state index in [0.717, 1.165) is 45.3 Å². The SMILES string of the molecule is O=C(NC1CC12CCN(CCc1ccccc1)CC2)c1ccc(Cl)c(Cl)c1. The maximum absolute atomic E-state index is 12.5. The molecule has 2 aromatic carbocycles. The highest BCUT2D eigenvalue weighted by Gasteiger charge is 2.55. The van der Waals surface area contributed by atoms with E-state index in [1.165, 1.54) is 5.56 Å². The monoisotopic (exact) mass is 402 g/mol. The van der Waals surface area contributed by atoms with Gasteiger partial charge in [-0.25, -0.2) is 0 Å². The van der Waals surface area contributed by atoms with E-state index >= 15 is 0 Å². The molecule has 1 aliphatic carbocycles. The molecule has 142 valence electrons. The summed E-state index contributed by atoms with van der Waals surface area (Å²) in [4.78, 5) is 15.0. The normalized spacial score (nSPS) is 21.2. The highest BCUT2D eigenvalue weighted by molar-refractivity contribution is 6.42. The van der Waals surface area contributed by atoms with Crippen LogP contribution in [0.3, 0.4) is 0 Å². The van der Waals surface area contributed by atoms with E-state index in [-0.39, 0.29) is 11.9 Å². The predicted molar refractivity (Wildman–Crippen MR) is 111 cm³/mol. The van der Waals surface area contributed by atoms with Crippen molar-refractivity contribution < 1.29 is 4.79 Å². The van der Waals surface area contributed by atoms with Gasteiger partial charge in [0.2, 0.25) is 0 Å². The molecule has 0 bridgehead atoms. The van der Waals surface area contributed by atoms with Crippen LogP contribution in [0.2, 0.25) is 10.0 Å². The Balaban J connectivity index is 1.25. The second-order valence-corrected chi connectivity index (χ2v) is 8.61. The highest BCUT2D eigenvalue weighted by atomic mass is 35.5. The Morgan fingerprint density at radius 3 is 2.52 bits per heavy atom. The molecule has 4 rings (SSSR count). The topological polar surface area (TPSA) is 32.3 Å². The van der Waals surface area contributed by atoms with E-state index in [0.29, 0.717) is 21.0 Å². The summed E-state index contributed by atoms with van der Waals surface area (Å²) in [5.74, 6) is -0.0538. The van der Waals surface area contributed by atoms with Gasteiger partial charge in [-0.2, -0.15) is 0 Å². The standard InChI is InChI=1S/C22H24Cl2N2O/c23-18-7-6-17(14-19(18)24)21(27)25-20-15-22(20)9-12-26(13-10-22)11-8-16-4-2-1-3-5-16/h1-7,14,20H,8-13,15H2,(H,25,27). The van der Waals surface area contributed by atoms with Crippen LogP contribution < -0.4 is 5.32 Å². The molecular weight excluding hydrogens is 379 g/mol. The summed E-state index contributed by atoms with van der Waals surface area (Å²) in [7, 11) is 0. The van der Waals surface area contributed by atoms with Gasteiger partial charge in [0, 0.05) is 18.2 Å². The third kappa shape index (κ3) is 4.31. The summed E-state index contributed by atoms with van der Waals surface area (Å²) >= 11 is 12.0. The van der Waals surface area contributed by atoms with Gasteiger partial charge in [-0.1, -0.05) is 53.5 Å². The molecule has 1 heterocycles. The minimum Gasteiger partial charge on any atom is -0.349 e. The van der Waals surface area contributed by atoms with Gasteiger partial charge in [0.25, 0.3) is 5.91 Å². The molecule has 27 heavy (non-hydrogen) atoms. The summed E-state index contributed by atoms with van der Waals surface area (Å²) in [6.07, 6.45) is 4.51. The fourth-order valence-electron chi connectivity index (χ4n) is 4.14. The molecule has 1 saturated heterocycles. The van der Waals surface area contributed by atoms with Crippen molar-refractivity contribution in [2.45, 2.75) is 31.7 Å². The molecule has 5 heteroatoms. The zero-order valence-electron chi connectivity index (χ0n) is 15.3. The molecule has 2 fully saturated rings. The van der Waals surface area contributed by atoms with Gasteiger partial charge in [0.05, 0.1) is 10.0 Å². The van der Waals surface area contributed by atoms with Crippen molar-refractivity contribution in [1.29, 1.82) is 0 Å². The van der Waals surface area contributed by atoms with Crippen molar-refractivity contribution in [1.82, 2.24) is 10.2 Å². The number of piperidine rings is 1. The lowest BCUT2D eigenvalue weighted by atomic mass is 9.92. The maximum Gasteiger partial charge on any atom is 0.251 e. The number of rotatable bonds is 5. The number of benzene rings is 2. The fraction of sp³-hybridized carbons (Fsp3) is 0.409. The van der Waals surface area contributed by atoms with E-state index in [1.54, 1.807) is 18.2 Å². The lowest BCUT2D eigenvalue weighted by Gasteiger charge is -2.33. The van der Waals surface area contributed by atoms with Crippen molar-refractivity contribution in [2.24, 2.45) is 5.41 Å². The van der Waals surface area contributed by atoms with Crippen molar-refractivity contribution in [3.8, 4) is 0 Å². The van der Waals surface area contributed by atoms with Gasteiger partial charge >= 0.3 is 0 Å². The number of halogens is 2. The van der Waals surface area contributed by atoms with Crippen molar-refractivity contribution >= 4 is 29.1 Å². The predicted octanol–water partition coefficient (Wildman–Crippen LogP) is 4.82. The van der Waals surface area contributed by atoms with Gasteiger partial charge in [0.1, 0.15) is 0 Å². The molecule has 1 atom stereocenters. The molecule has 2 aliphatic rings. The lowest BCUT2D eigenvalue weighted by molar-refractivity contribution is 0.0935. The fourth-order valence-corrected chi connectivity index (χ4v) is 4.44. The van der Waals surface area contributed by atoms with Gasteiger partial charge in [-0.05, 0) is 68.0 Å². The summed E-state index contributed by atoms with van der Waals surface area (Å²) in [5, 5.41) is 4.08. The van der Waals surface area contributed by atoms with Crippen molar-refractivity contribution in [3.05, 3.63) is 69.7 Å². The average Bonchev–Trinajstić information content (AvgIpc) is 3.35. The number of hydrogen-bond donors (Lipinski definition) is 1. The van der Waals surface area contributed by atoms with Gasteiger partial charge in [-0.15, -0.1) is 0 Å². The van der Waals surface area contributed by atoms with Gasteiger partial charge < -0.3 is 10.2 Å². The number of nitrogens with zero attached hydrogens (tertiary/aromatic N) is 1. The Kier molecular flexibility index (Phi) is 5.45. The zero-order chi connectivity index (χ0) is 18.9. The van der Waals surface area contributed by atoms with Crippen LogP contribution in [-0.2, 0) is 6.42 Å². The second-order valence-electron chi connectivity index (χ2n) is 7.80. The smallest absolute Gasteiger partial charge is 0.251 e. The van der Waals surface area contributed by atoms with E-state index in [4.69, 9.17) is 23.2 Å². The number of likely N-dealkylation sites (tertiary alicyclic amines) is 1. The summed E-state index contributed by atoms with van der Waals surface area (Å²) in [5.41, 5.74) is 2.28. The van der Waals surface area contributed by atoms with Crippen LogP contribution in [0, 0.1) is 5.41 Å². The Hall–Kier alpha value is -1.55. The van der Waals surface area contributed by atoms with E-state index in [1.807, 2.05) is 0 Å². The Morgan fingerprint density at radius 2 is 1.81 bits per heavy atom. The number of hydrogen-bond acceptors (Lipinski definition) is 2. The molecule has 0 radical (unpaired) electrons. The highest BCUT2D eigenvalue weighted by Crippen LogP contribution is 2.54. The minimum atomic E-state index is -0.0538. The lowest BCUT2D eigenvalue weighted by Crippen LogP contribution is -2.39. The molecule has 1 aliphatic heterocycles. The van der Waals surface area contributed by atoms with Crippen LogP contribution in [0.1, 0.15) is 35.2 Å². The molecule has 1 saturated carbocycles. The van der Waals surface area contributed by atoms with E-state index in [2.05, 4.69) is 40.5 Å². The first-order chi connectivity index (χ1) is 13.1. The van der Waals surface area contributed by atoms with Crippen LogP contribution in [-0.4, -0.2) is 36.5 Å². The maximum atomic E-state index is 12.5. The molecule has 1 spiro atoms.